The predicted octanol–water partition coefficient (Wildman–Crippen LogP) is 2.87. The molecule has 0 bridgehead atoms. The van der Waals surface area contributed by atoms with E-state index in [0.717, 1.165) is 12.1 Å². The number of nitro benzene ring substituents is 1. The van der Waals surface area contributed by atoms with Crippen molar-refractivity contribution in [3.63, 3.8) is 0 Å². The summed E-state index contributed by atoms with van der Waals surface area (Å²) in [5.74, 6) is -0.603. The first kappa shape index (κ1) is 13.5. The fourth-order valence-corrected chi connectivity index (χ4v) is 2.15. The van der Waals surface area contributed by atoms with Crippen molar-refractivity contribution in [2.75, 3.05) is 0 Å². The van der Waals surface area contributed by atoms with Gasteiger partial charge in [0.1, 0.15) is 17.6 Å². The lowest BCUT2D eigenvalue weighted by molar-refractivity contribution is -0.387. The van der Waals surface area contributed by atoms with E-state index in [1.165, 1.54) is 6.07 Å². The summed E-state index contributed by atoms with van der Waals surface area (Å²) >= 11 is 0. The van der Waals surface area contributed by atoms with E-state index in [2.05, 4.69) is 0 Å². The van der Waals surface area contributed by atoms with Crippen LogP contribution in [0.25, 0.3) is 0 Å². The van der Waals surface area contributed by atoms with Gasteiger partial charge in [0.05, 0.1) is 10.3 Å². The second kappa shape index (κ2) is 4.60. The molecule has 102 valence electrons. The molecule has 0 heterocycles. The van der Waals surface area contributed by atoms with Gasteiger partial charge in [-0.15, -0.1) is 0 Å². The van der Waals surface area contributed by atoms with Gasteiger partial charge in [0, 0.05) is 18.6 Å². The largest absolute Gasteiger partial charge is 0.489 e. The number of ketones is 1. The number of benzene rings is 1. The SMILES string of the molecule is CCC1(C)C(=O)CC1Oc1ccc([N+](=O)[O-])c(F)c1. The van der Waals surface area contributed by atoms with Crippen molar-refractivity contribution in [2.24, 2.45) is 5.41 Å². The summed E-state index contributed by atoms with van der Waals surface area (Å²) in [5.41, 5.74) is -1.13. The van der Waals surface area contributed by atoms with E-state index in [9.17, 15) is 19.3 Å². The number of rotatable bonds is 4. The van der Waals surface area contributed by atoms with Gasteiger partial charge in [0.25, 0.3) is 0 Å². The molecule has 2 rings (SSSR count). The standard InChI is InChI=1S/C13H14FNO4/c1-3-13(2)11(16)7-12(13)19-8-4-5-10(15(17)18)9(14)6-8/h4-6,12H,3,7H2,1-2H3. The molecule has 0 amide bonds. The molecule has 0 spiro atoms. The molecule has 2 unspecified atom stereocenters. The van der Waals surface area contributed by atoms with Crippen LogP contribution in [0.4, 0.5) is 10.1 Å². The number of carbonyl (C=O) groups excluding carboxylic acids is 1. The number of hydrogen-bond donors (Lipinski definition) is 0. The minimum Gasteiger partial charge on any atom is -0.489 e. The Morgan fingerprint density at radius 1 is 1.58 bits per heavy atom. The van der Waals surface area contributed by atoms with Crippen molar-refractivity contribution >= 4 is 11.5 Å². The molecule has 1 aromatic rings. The van der Waals surface area contributed by atoms with Gasteiger partial charge in [0.2, 0.25) is 5.82 Å². The zero-order chi connectivity index (χ0) is 14.2. The maximum absolute atomic E-state index is 13.4. The highest BCUT2D eigenvalue weighted by molar-refractivity contribution is 5.92. The van der Waals surface area contributed by atoms with Crippen LogP contribution in [-0.4, -0.2) is 16.8 Å². The zero-order valence-electron chi connectivity index (χ0n) is 10.7. The van der Waals surface area contributed by atoms with Crippen molar-refractivity contribution in [1.82, 2.24) is 0 Å². The van der Waals surface area contributed by atoms with Gasteiger partial charge in [-0.05, 0) is 19.4 Å². The Hall–Kier alpha value is -1.98. The highest BCUT2D eigenvalue weighted by atomic mass is 19.1. The molecule has 0 aromatic heterocycles. The summed E-state index contributed by atoms with van der Waals surface area (Å²) in [7, 11) is 0. The minimum absolute atomic E-state index is 0.127. The second-order valence-electron chi connectivity index (χ2n) is 4.88. The van der Waals surface area contributed by atoms with E-state index in [1.807, 2.05) is 13.8 Å². The molecule has 0 aliphatic heterocycles. The van der Waals surface area contributed by atoms with Gasteiger partial charge in [-0.1, -0.05) is 6.92 Å². The molecular weight excluding hydrogens is 253 g/mol. The minimum atomic E-state index is -0.939. The summed E-state index contributed by atoms with van der Waals surface area (Å²) in [4.78, 5) is 21.3. The Kier molecular flexibility index (Phi) is 3.26. The first-order valence-electron chi connectivity index (χ1n) is 6.02. The summed E-state index contributed by atoms with van der Waals surface area (Å²) in [6.07, 6.45) is 0.639. The molecule has 1 aliphatic carbocycles. The highest BCUT2D eigenvalue weighted by Gasteiger charge is 2.51. The molecule has 6 heteroatoms. The maximum Gasteiger partial charge on any atom is 0.305 e. The maximum atomic E-state index is 13.4. The third kappa shape index (κ3) is 2.18. The molecule has 1 aromatic carbocycles. The van der Waals surface area contributed by atoms with E-state index < -0.39 is 21.8 Å². The van der Waals surface area contributed by atoms with Gasteiger partial charge in [-0.25, -0.2) is 0 Å². The van der Waals surface area contributed by atoms with Crippen LogP contribution in [0.3, 0.4) is 0 Å². The van der Waals surface area contributed by atoms with Crippen LogP contribution in [0.2, 0.25) is 0 Å². The quantitative estimate of drug-likeness (QED) is 0.621. The van der Waals surface area contributed by atoms with Crippen LogP contribution in [0.15, 0.2) is 18.2 Å². The Morgan fingerprint density at radius 3 is 2.74 bits per heavy atom. The third-order valence-corrected chi connectivity index (χ3v) is 3.85. The fraction of sp³-hybridized carbons (Fsp3) is 0.462. The molecule has 1 saturated carbocycles. The molecule has 19 heavy (non-hydrogen) atoms. The van der Waals surface area contributed by atoms with Crippen LogP contribution >= 0.6 is 0 Å². The molecular formula is C13H14FNO4. The van der Waals surface area contributed by atoms with Gasteiger partial charge in [0.15, 0.2) is 0 Å². The number of nitrogens with zero attached hydrogens (tertiary/aromatic N) is 1. The lowest BCUT2D eigenvalue weighted by Crippen LogP contribution is -2.54. The summed E-state index contributed by atoms with van der Waals surface area (Å²) in [5, 5.41) is 10.5. The van der Waals surface area contributed by atoms with Crippen molar-refractivity contribution in [1.29, 1.82) is 0 Å². The summed E-state index contributed by atoms with van der Waals surface area (Å²) in [6, 6.07) is 3.39. The first-order valence-corrected chi connectivity index (χ1v) is 6.02. The number of ether oxygens (including phenoxy) is 1. The fourth-order valence-electron chi connectivity index (χ4n) is 2.15. The van der Waals surface area contributed by atoms with E-state index in [0.29, 0.717) is 12.8 Å². The summed E-state index contributed by atoms with van der Waals surface area (Å²) < 4.78 is 19.0. The molecule has 0 saturated heterocycles. The van der Waals surface area contributed by atoms with Crippen molar-refractivity contribution in [2.45, 2.75) is 32.8 Å². The number of hydrogen-bond acceptors (Lipinski definition) is 4. The molecule has 0 radical (unpaired) electrons. The van der Waals surface area contributed by atoms with E-state index >= 15 is 0 Å². The Bertz CT molecular complexity index is 545. The van der Waals surface area contributed by atoms with Crippen molar-refractivity contribution in [3.8, 4) is 5.75 Å². The number of Topliss-reactive ketones (excluding diaryl/α,β-unsaturated/α-hetero) is 1. The molecule has 2 atom stereocenters. The molecule has 1 aliphatic rings. The highest BCUT2D eigenvalue weighted by Crippen LogP contribution is 2.42. The van der Waals surface area contributed by atoms with Crippen molar-refractivity contribution < 1.29 is 18.8 Å². The van der Waals surface area contributed by atoms with Crippen LogP contribution in [0.1, 0.15) is 26.7 Å². The van der Waals surface area contributed by atoms with Crippen molar-refractivity contribution in [3.05, 3.63) is 34.1 Å². The van der Waals surface area contributed by atoms with Crippen LogP contribution in [0.5, 0.6) is 5.75 Å². The second-order valence-corrected chi connectivity index (χ2v) is 4.88. The molecule has 5 nitrogen and oxygen atoms in total. The van der Waals surface area contributed by atoms with Crippen LogP contribution in [-0.2, 0) is 4.79 Å². The average Bonchev–Trinajstić information content (AvgIpc) is 2.37. The van der Waals surface area contributed by atoms with Gasteiger partial charge >= 0.3 is 5.69 Å². The third-order valence-electron chi connectivity index (χ3n) is 3.85. The Morgan fingerprint density at radius 2 is 2.26 bits per heavy atom. The lowest BCUT2D eigenvalue weighted by atomic mass is 9.64. The molecule has 1 fully saturated rings. The topological polar surface area (TPSA) is 69.4 Å². The number of halogens is 1. The summed E-state index contributed by atoms with van der Waals surface area (Å²) in [6.45, 7) is 3.70. The predicted molar refractivity (Wildman–Crippen MR) is 65.5 cm³/mol. The number of nitro groups is 1. The zero-order valence-corrected chi connectivity index (χ0v) is 10.7. The van der Waals surface area contributed by atoms with Crippen LogP contribution in [0, 0.1) is 21.3 Å². The lowest BCUT2D eigenvalue weighted by Gasteiger charge is -2.44. The Balaban J connectivity index is 2.15. The van der Waals surface area contributed by atoms with Gasteiger partial charge < -0.3 is 4.74 Å². The van der Waals surface area contributed by atoms with Gasteiger partial charge in [-0.3, -0.25) is 14.9 Å². The normalized spacial score (nSPS) is 25.8. The first-order chi connectivity index (χ1) is 8.88. The smallest absolute Gasteiger partial charge is 0.305 e. The monoisotopic (exact) mass is 267 g/mol. The average molecular weight is 267 g/mol. The Labute approximate surface area is 109 Å². The van der Waals surface area contributed by atoms with E-state index in [4.69, 9.17) is 4.74 Å². The number of carbonyl (C=O) groups is 1. The van der Waals surface area contributed by atoms with E-state index in [1.54, 1.807) is 0 Å². The van der Waals surface area contributed by atoms with Crippen LogP contribution < -0.4 is 4.74 Å². The van der Waals surface area contributed by atoms with E-state index in [-0.39, 0.29) is 17.6 Å². The van der Waals surface area contributed by atoms with Gasteiger partial charge in [-0.2, -0.15) is 4.39 Å². The molecule has 0 N–H and O–H groups in total.